The van der Waals surface area contributed by atoms with Gasteiger partial charge >= 0.3 is 0 Å². The van der Waals surface area contributed by atoms with Crippen molar-refractivity contribution in [3.63, 3.8) is 0 Å². The van der Waals surface area contributed by atoms with E-state index in [-0.39, 0.29) is 11.9 Å². The number of rotatable bonds is 8. The number of nitrogens with one attached hydrogen (secondary N) is 1. The summed E-state index contributed by atoms with van der Waals surface area (Å²) >= 11 is 6.19. The molecular formula is C26H26ClN3O2. The second-order valence-electron chi connectivity index (χ2n) is 7.80. The highest BCUT2D eigenvalue weighted by Gasteiger charge is 2.20. The molecule has 1 amide bonds. The third-order valence-electron chi connectivity index (χ3n) is 5.32. The highest BCUT2D eigenvalue weighted by molar-refractivity contribution is 6.33. The molecular weight excluding hydrogens is 422 g/mol. The second-order valence-corrected chi connectivity index (χ2v) is 8.21. The van der Waals surface area contributed by atoms with Crippen LogP contribution in [0.15, 0.2) is 72.8 Å². The van der Waals surface area contributed by atoms with Gasteiger partial charge in [-0.05, 0) is 62.2 Å². The van der Waals surface area contributed by atoms with Crippen LogP contribution in [-0.2, 0) is 6.54 Å². The Bertz CT molecular complexity index is 1230. The topological polar surface area (TPSA) is 56.1 Å². The summed E-state index contributed by atoms with van der Waals surface area (Å²) in [5.74, 6) is 1.47. The van der Waals surface area contributed by atoms with E-state index in [1.54, 1.807) is 24.3 Å². The highest BCUT2D eigenvalue weighted by Crippen LogP contribution is 2.23. The maximum Gasteiger partial charge on any atom is 0.253 e. The van der Waals surface area contributed by atoms with Crippen molar-refractivity contribution in [2.45, 2.75) is 32.9 Å². The van der Waals surface area contributed by atoms with Crippen LogP contribution in [0.2, 0.25) is 5.02 Å². The van der Waals surface area contributed by atoms with Crippen LogP contribution in [0.3, 0.4) is 0 Å². The van der Waals surface area contributed by atoms with E-state index in [1.165, 1.54) is 5.56 Å². The van der Waals surface area contributed by atoms with Gasteiger partial charge in [-0.25, -0.2) is 4.98 Å². The number of nitrogens with zero attached hydrogens (tertiary/aromatic N) is 2. The largest absolute Gasteiger partial charge is 0.494 e. The standard InChI is InChI=1S/C26H26ClN3O2/c1-18-9-7-10-20(17-18)32-16-8-15-30-24-14-6-5-13-23(24)29-25(30)19(2)28-26(31)21-11-3-4-12-22(21)27/h3-7,9-14,17,19H,8,15-16H2,1-2H3,(H,28,31). The van der Waals surface area contributed by atoms with Crippen molar-refractivity contribution in [1.29, 1.82) is 0 Å². The van der Waals surface area contributed by atoms with E-state index in [2.05, 4.69) is 28.9 Å². The molecule has 0 radical (unpaired) electrons. The van der Waals surface area contributed by atoms with Crippen LogP contribution in [0.5, 0.6) is 5.75 Å². The van der Waals surface area contributed by atoms with Gasteiger partial charge in [-0.1, -0.05) is 48.0 Å². The molecule has 0 aliphatic heterocycles. The molecule has 4 rings (SSSR count). The van der Waals surface area contributed by atoms with Crippen molar-refractivity contribution < 1.29 is 9.53 Å². The molecule has 3 aromatic carbocycles. The van der Waals surface area contributed by atoms with Gasteiger partial charge in [-0.15, -0.1) is 0 Å². The zero-order chi connectivity index (χ0) is 22.5. The van der Waals surface area contributed by atoms with Gasteiger partial charge in [0.2, 0.25) is 0 Å². The number of aryl methyl sites for hydroxylation is 2. The zero-order valence-corrected chi connectivity index (χ0v) is 19.0. The van der Waals surface area contributed by atoms with Gasteiger partial charge in [0, 0.05) is 6.54 Å². The molecule has 5 nitrogen and oxygen atoms in total. The summed E-state index contributed by atoms with van der Waals surface area (Å²) in [6, 6.07) is 22.8. The van der Waals surface area contributed by atoms with E-state index in [1.807, 2.05) is 43.3 Å². The van der Waals surface area contributed by atoms with E-state index in [9.17, 15) is 4.79 Å². The lowest BCUT2D eigenvalue weighted by Crippen LogP contribution is -2.29. The molecule has 1 atom stereocenters. The SMILES string of the molecule is Cc1cccc(OCCCn2c(C(C)NC(=O)c3ccccc3Cl)nc3ccccc32)c1. The van der Waals surface area contributed by atoms with Gasteiger partial charge in [-0.3, -0.25) is 4.79 Å². The number of para-hydroxylation sites is 2. The zero-order valence-electron chi connectivity index (χ0n) is 18.2. The molecule has 4 aromatic rings. The highest BCUT2D eigenvalue weighted by atomic mass is 35.5. The Balaban J connectivity index is 1.49. The Morgan fingerprint density at radius 1 is 1.09 bits per heavy atom. The summed E-state index contributed by atoms with van der Waals surface area (Å²) in [5.41, 5.74) is 3.57. The molecule has 0 fully saturated rings. The number of benzene rings is 3. The Morgan fingerprint density at radius 2 is 1.88 bits per heavy atom. The number of amides is 1. The molecule has 0 aliphatic rings. The Kier molecular flexibility index (Phi) is 6.76. The summed E-state index contributed by atoms with van der Waals surface area (Å²) in [6.07, 6.45) is 0.812. The number of hydrogen-bond donors (Lipinski definition) is 1. The summed E-state index contributed by atoms with van der Waals surface area (Å²) in [5, 5.41) is 3.47. The van der Waals surface area contributed by atoms with Gasteiger partial charge in [-0.2, -0.15) is 0 Å². The third kappa shape index (κ3) is 4.94. The summed E-state index contributed by atoms with van der Waals surface area (Å²) in [6.45, 7) is 5.31. The lowest BCUT2D eigenvalue weighted by molar-refractivity contribution is 0.0937. The molecule has 1 aromatic heterocycles. The maximum absolute atomic E-state index is 12.8. The van der Waals surface area contributed by atoms with Crippen LogP contribution in [0.25, 0.3) is 11.0 Å². The molecule has 0 bridgehead atoms. The number of carbonyl (C=O) groups excluding carboxylic acids is 1. The van der Waals surface area contributed by atoms with Crippen molar-refractivity contribution in [3.05, 3.63) is 94.8 Å². The summed E-state index contributed by atoms with van der Waals surface area (Å²) in [7, 11) is 0. The Hall–Kier alpha value is -3.31. The molecule has 1 unspecified atom stereocenters. The van der Waals surface area contributed by atoms with E-state index in [4.69, 9.17) is 21.3 Å². The lowest BCUT2D eigenvalue weighted by atomic mass is 10.2. The molecule has 6 heteroatoms. The fraction of sp³-hybridized carbons (Fsp3) is 0.231. The van der Waals surface area contributed by atoms with Crippen molar-refractivity contribution in [3.8, 4) is 5.75 Å². The first-order chi connectivity index (χ1) is 15.5. The molecule has 164 valence electrons. The third-order valence-corrected chi connectivity index (χ3v) is 5.65. The smallest absolute Gasteiger partial charge is 0.253 e. The van der Waals surface area contributed by atoms with Gasteiger partial charge in [0.05, 0.1) is 34.3 Å². The van der Waals surface area contributed by atoms with Gasteiger partial charge in [0.15, 0.2) is 0 Å². The fourth-order valence-electron chi connectivity index (χ4n) is 3.76. The molecule has 0 aliphatic carbocycles. The van der Waals surface area contributed by atoms with Crippen LogP contribution >= 0.6 is 11.6 Å². The van der Waals surface area contributed by atoms with Crippen LogP contribution < -0.4 is 10.1 Å². The maximum atomic E-state index is 12.8. The summed E-state index contributed by atoms with van der Waals surface area (Å²) in [4.78, 5) is 17.6. The predicted octanol–water partition coefficient (Wildman–Crippen LogP) is 5.96. The predicted molar refractivity (Wildman–Crippen MR) is 128 cm³/mol. The fourth-order valence-corrected chi connectivity index (χ4v) is 3.98. The quantitative estimate of drug-likeness (QED) is 0.339. The monoisotopic (exact) mass is 447 g/mol. The normalized spacial score (nSPS) is 12.0. The molecule has 0 spiro atoms. The van der Waals surface area contributed by atoms with Crippen molar-refractivity contribution in [2.24, 2.45) is 0 Å². The minimum Gasteiger partial charge on any atom is -0.494 e. The minimum atomic E-state index is -0.288. The number of carbonyl (C=O) groups is 1. The van der Waals surface area contributed by atoms with Crippen molar-refractivity contribution >= 4 is 28.5 Å². The lowest BCUT2D eigenvalue weighted by Gasteiger charge is -2.17. The van der Waals surface area contributed by atoms with E-state index < -0.39 is 0 Å². The number of hydrogen-bond acceptors (Lipinski definition) is 3. The van der Waals surface area contributed by atoms with E-state index in [0.717, 1.165) is 35.6 Å². The number of halogens is 1. The number of fused-ring (bicyclic) bond motifs is 1. The Morgan fingerprint density at radius 3 is 2.69 bits per heavy atom. The van der Waals surface area contributed by atoms with Gasteiger partial charge in [0.25, 0.3) is 5.91 Å². The number of ether oxygens (including phenoxy) is 1. The molecule has 32 heavy (non-hydrogen) atoms. The average Bonchev–Trinajstić information content (AvgIpc) is 3.16. The van der Waals surface area contributed by atoms with Gasteiger partial charge < -0.3 is 14.6 Å². The minimum absolute atomic E-state index is 0.218. The molecule has 1 N–H and O–H groups in total. The van der Waals surface area contributed by atoms with Crippen LogP contribution in [0, 0.1) is 6.92 Å². The molecule has 0 saturated carbocycles. The average molecular weight is 448 g/mol. The van der Waals surface area contributed by atoms with E-state index >= 15 is 0 Å². The van der Waals surface area contributed by atoms with Crippen LogP contribution in [0.1, 0.15) is 41.1 Å². The summed E-state index contributed by atoms with van der Waals surface area (Å²) < 4.78 is 8.07. The van der Waals surface area contributed by atoms with Crippen molar-refractivity contribution in [2.75, 3.05) is 6.61 Å². The van der Waals surface area contributed by atoms with Crippen LogP contribution in [0.4, 0.5) is 0 Å². The van der Waals surface area contributed by atoms with Crippen LogP contribution in [-0.4, -0.2) is 22.1 Å². The first-order valence-electron chi connectivity index (χ1n) is 10.7. The Labute approximate surface area is 193 Å². The number of imidazole rings is 1. The number of aromatic nitrogens is 2. The second kappa shape index (κ2) is 9.88. The van der Waals surface area contributed by atoms with E-state index in [0.29, 0.717) is 17.2 Å². The first-order valence-corrected chi connectivity index (χ1v) is 11.1. The first kappa shape index (κ1) is 21.9. The van der Waals surface area contributed by atoms with Crippen molar-refractivity contribution in [1.82, 2.24) is 14.9 Å². The molecule has 0 saturated heterocycles. The van der Waals surface area contributed by atoms with Gasteiger partial charge in [0.1, 0.15) is 11.6 Å². The molecule has 1 heterocycles.